The van der Waals surface area contributed by atoms with Crippen LogP contribution >= 0.6 is 22.6 Å². The van der Waals surface area contributed by atoms with Gasteiger partial charge in [0.15, 0.2) is 11.5 Å². The standard InChI is InChI=1S/C16H13F3INO3/c1-23-13-6-3-9(7-14(13)24-2)15(22)21-12-5-4-10(20)8-11(12)16(17,18)19/h3-8H,1-2H3,(H,21,22). The number of amides is 1. The Bertz CT molecular complexity index is 763. The molecule has 1 N–H and O–H groups in total. The predicted molar refractivity (Wildman–Crippen MR) is 91.7 cm³/mol. The topological polar surface area (TPSA) is 47.6 Å². The molecule has 0 spiro atoms. The van der Waals surface area contributed by atoms with Gasteiger partial charge in [0.05, 0.1) is 25.5 Å². The second-order valence-corrected chi connectivity index (χ2v) is 5.96. The van der Waals surface area contributed by atoms with Gasteiger partial charge < -0.3 is 14.8 Å². The smallest absolute Gasteiger partial charge is 0.418 e. The first kappa shape index (κ1) is 18.4. The summed E-state index contributed by atoms with van der Waals surface area (Å²) in [5.41, 5.74) is -1.05. The third-order valence-corrected chi connectivity index (χ3v) is 3.85. The van der Waals surface area contributed by atoms with Crippen LogP contribution in [0.2, 0.25) is 0 Å². The number of anilines is 1. The first-order valence-electron chi connectivity index (χ1n) is 6.66. The zero-order valence-corrected chi connectivity index (χ0v) is 14.9. The third kappa shape index (κ3) is 4.11. The summed E-state index contributed by atoms with van der Waals surface area (Å²) in [5.74, 6) is 0.0470. The molecule has 0 fully saturated rings. The van der Waals surface area contributed by atoms with Gasteiger partial charge >= 0.3 is 6.18 Å². The maximum absolute atomic E-state index is 13.1. The van der Waals surface area contributed by atoms with Crippen molar-refractivity contribution in [1.82, 2.24) is 0 Å². The van der Waals surface area contributed by atoms with E-state index >= 15 is 0 Å². The quantitative estimate of drug-likeness (QED) is 0.693. The number of benzene rings is 2. The number of ether oxygens (including phenoxy) is 2. The average Bonchev–Trinajstić information content (AvgIpc) is 2.54. The minimum absolute atomic E-state index is 0.152. The van der Waals surface area contributed by atoms with Gasteiger partial charge in [0.1, 0.15) is 0 Å². The van der Waals surface area contributed by atoms with Crippen molar-refractivity contribution < 1.29 is 27.4 Å². The second-order valence-electron chi connectivity index (χ2n) is 4.71. The molecule has 0 unspecified atom stereocenters. The summed E-state index contributed by atoms with van der Waals surface area (Å²) in [4.78, 5) is 12.3. The normalized spacial score (nSPS) is 11.1. The number of hydrogen-bond donors (Lipinski definition) is 1. The molecule has 128 valence electrons. The molecule has 2 aromatic rings. The van der Waals surface area contributed by atoms with Gasteiger partial charge in [0, 0.05) is 9.13 Å². The van der Waals surface area contributed by atoms with Gasteiger partial charge in [-0.3, -0.25) is 4.79 Å². The van der Waals surface area contributed by atoms with E-state index in [1.807, 2.05) is 0 Å². The van der Waals surface area contributed by atoms with Crippen LogP contribution < -0.4 is 14.8 Å². The average molecular weight is 451 g/mol. The van der Waals surface area contributed by atoms with Gasteiger partial charge in [-0.05, 0) is 59.0 Å². The van der Waals surface area contributed by atoms with Crippen molar-refractivity contribution in [2.75, 3.05) is 19.5 Å². The van der Waals surface area contributed by atoms with Crippen molar-refractivity contribution in [3.05, 3.63) is 51.1 Å². The molecule has 0 aliphatic carbocycles. The van der Waals surface area contributed by atoms with Gasteiger partial charge in [-0.25, -0.2) is 0 Å². The van der Waals surface area contributed by atoms with E-state index in [0.29, 0.717) is 15.1 Å². The molecule has 0 radical (unpaired) electrons. The molecule has 0 saturated carbocycles. The zero-order chi connectivity index (χ0) is 17.9. The predicted octanol–water partition coefficient (Wildman–Crippen LogP) is 4.58. The molecule has 0 aliphatic rings. The zero-order valence-electron chi connectivity index (χ0n) is 12.7. The Labute approximate surface area is 150 Å². The van der Waals surface area contributed by atoms with Gasteiger partial charge in [0.25, 0.3) is 5.91 Å². The molecular weight excluding hydrogens is 438 g/mol. The van der Waals surface area contributed by atoms with Crippen LogP contribution in [0.1, 0.15) is 15.9 Å². The van der Waals surface area contributed by atoms with E-state index in [0.717, 1.165) is 6.07 Å². The lowest BCUT2D eigenvalue weighted by Crippen LogP contribution is -2.17. The molecule has 24 heavy (non-hydrogen) atoms. The van der Waals surface area contributed by atoms with E-state index in [9.17, 15) is 18.0 Å². The van der Waals surface area contributed by atoms with Crippen molar-refractivity contribution in [3.8, 4) is 11.5 Å². The summed E-state index contributed by atoms with van der Waals surface area (Å²) in [6.07, 6.45) is -4.57. The van der Waals surface area contributed by atoms with Crippen LogP contribution in [0, 0.1) is 3.57 Å². The van der Waals surface area contributed by atoms with Crippen LogP contribution in [0.5, 0.6) is 11.5 Å². The van der Waals surface area contributed by atoms with Gasteiger partial charge in [-0.2, -0.15) is 13.2 Å². The van der Waals surface area contributed by atoms with Crippen LogP contribution in [-0.4, -0.2) is 20.1 Å². The lowest BCUT2D eigenvalue weighted by molar-refractivity contribution is -0.137. The molecule has 0 aliphatic heterocycles. The summed E-state index contributed by atoms with van der Waals surface area (Å²) < 4.78 is 49.9. The Morgan fingerprint density at radius 3 is 2.29 bits per heavy atom. The van der Waals surface area contributed by atoms with Crippen molar-refractivity contribution in [2.45, 2.75) is 6.18 Å². The number of alkyl halides is 3. The van der Waals surface area contributed by atoms with E-state index in [-0.39, 0.29) is 11.3 Å². The summed E-state index contributed by atoms with van der Waals surface area (Å²) in [6, 6.07) is 8.03. The van der Waals surface area contributed by atoms with Crippen LogP contribution in [0.3, 0.4) is 0 Å². The van der Waals surface area contributed by atoms with Crippen molar-refractivity contribution in [1.29, 1.82) is 0 Å². The molecule has 1 amide bonds. The number of nitrogens with one attached hydrogen (secondary N) is 1. The fraction of sp³-hybridized carbons (Fsp3) is 0.188. The minimum atomic E-state index is -4.57. The highest BCUT2D eigenvalue weighted by molar-refractivity contribution is 14.1. The highest BCUT2D eigenvalue weighted by Crippen LogP contribution is 2.36. The lowest BCUT2D eigenvalue weighted by atomic mass is 10.1. The van der Waals surface area contributed by atoms with E-state index in [4.69, 9.17) is 9.47 Å². The molecule has 2 rings (SSSR count). The molecular formula is C16H13F3INO3. The fourth-order valence-corrected chi connectivity index (χ4v) is 2.52. The van der Waals surface area contributed by atoms with Crippen molar-refractivity contribution in [3.63, 3.8) is 0 Å². The number of hydrogen-bond acceptors (Lipinski definition) is 3. The van der Waals surface area contributed by atoms with Crippen molar-refractivity contribution >= 4 is 34.2 Å². The lowest BCUT2D eigenvalue weighted by Gasteiger charge is -2.15. The molecule has 0 aromatic heterocycles. The Morgan fingerprint density at radius 2 is 1.71 bits per heavy atom. The molecule has 4 nitrogen and oxygen atoms in total. The highest BCUT2D eigenvalue weighted by atomic mass is 127. The number of halogens is 4. The SMILES string of the molecule is COc1ccc(C(=O)Nc2ccc(I)cc2C(F)(F)F)cc1OC. The van der Waals surface area contributed by atoms with Crippen LogP contribution in [0.25, 0.3) is 0 Å². The third-order valence-electron chi connectivity index (χ3n) is 3.18. The van der Waals surface area contributed by atoms with Crippen molar-refractivity contribution in [2.24, 2.45) is 0 Å². The van der Waals surface area contributed by atoms with Gasteiger partial charge in [0.2, 0.25) is 0 Å². The Hall–Kier alpha value is -1.97. The Balaban J connectivity index is 2.34. The molecule has 2 aromatic carbocycles. The summed E-state index contributed by atoms with van der Waals surface area (Å²) in [6.45, 7) is 0. The summed E-state index contributed by atoms with van der Waals surface area (Å²) in [5, 5.41) is 2.29. The number of carbonyl (C=O) groups is 1. The molecule has 8 heteroatoms. The monoisotopic (exact) mass is 451 g/mol. The first-order chi connectivity index (χ1) is 11.3. The summed E-state index contributed by atoms with van der Waals surface area (Å²) >= 11 is 1.78. The molecule has 0 atom stereocenters. The van der Waals surface area contributed by atoms with Crippen LogP contribution in [-0.2, 0) is 6.18 Å². The minimum Gasteiger partial charge on any atom is -0.493 e. The van der Waals surface area contributed by atoms with E-state index < -0.39 is 17.6 Å². The van der Waals surface area contributed by atoms with E-state index in [1.165, 1.54) is 44.6 Å². The molecule has 0 saturated heterocycles. The number of carbonyl (C=O) groups excluding carboxylic acids is 1. The van der Waals surface area contributed by atoms with Crippen LogP contribution in [0.4, 0.5) is 18.9 Å². The van der Waals surface area contributed by atoms with E-state index in [1.54, 1.807) is 22.6 Å². The maximum atomic E-state index is 13.1. The van der Waals surface area contributed by atoms with Gasteiger partial charge in [-0.15, -0.1) is 0 Å². The van der Waals surface area contributed by atoms with Gasteiger partial charge in [-0.1, -0.05) is 0 Å². The fourth-order valence-electron chi connectivity index (χ4n) is 2.03. The Morgan fingerprint density at radius 1 is 1.04 bits per heavy atom. The van der Waals surface area contributed by atoms with Crippen LogP contribution in [0.15, 0.2) is 36.4 Å². The molecule has 0 heterocycles. The number of methoxy groups -OCH3 is 2. The van der Waals surface area contributed by atoms with E-state index in [2.05, 4.69) is 5.32 Å². The highest BCUT2D eigenvalue weighted by Gasteiger charge is 2.34. The second kappa shape index (κ2) is 7.29. The first-order valence-corrected chi connectivity index (χ1v) is 7.74. The molecule has 0 bridgehead atoms. The number of rotatable bonds is 4. The maximum Gasteiger partial charge on any atom is 0.418 e. The Kier molecular flexibility index (Phi) is 5.58. The largest absolute Gasteiger partial charge is 0.493 e. The summed E-state index contributed by atoms with van der Waals surface area (Å²) in [7, 11) is 2.85.